The zero-order chi connectivity index (χ0) is 14.2. The van der Waals surface area contributed by atoms with Crippen LogP contribution in [0.15, 0.2) is 0 Å². The first kappa shape index (κ1) is 17.2. The van der Waals surface area contributed by atoms with E-state index in [1.807, 2.05) is 13.8 Å². The van der Waals surface area contributed by atoms with E-state index in [2.05, 4.69) is 24.5 Å². The molecule has 2 amide bonds. The Kier molecular flexibility index (Phi) is 8.00. The molecule has 0 bridgehead atoms. The van der Waals surface area contributed by atoms with Gasteiger partial charge in [0.2, 0.25) is 0 Å². The van der Waals surface area contributed by atoms with E-state index in [0.29, 0.717) is 18.9 Å². The number of urea groups is 1. The first-order chi connectivity index (χ1) is 8.30. The minimum absolute atomic E-state index is 0.0829. The average molecular weight is 258 g/mol. The van der Waals surface area contributed by atoms with Gasteiger partial charge >= 0.3 is 6.03 Å². The van der Waals surface area contributed by atoms with Crippen LogP contribution in [0, 0.1) is 11.3 Å². The van der Waals surface area contributed by atoms with Gasteiger partial charge in [-0.05, 0) is 24.7 Å². The highest BCUT2D eigenvalue weighted by Gasteiger charge is 2.21. The van der Waals surface area contributed by atoms with Crippen molar-refractivity contribution in [1.82, 2.24) is 10.6 Å². The van der Waals surface area contributed by atoms with Crippen LogP contribution in [0.5, 0.6) is 0 Å². The van der Waals surface area contributed by atoms with Crippen LogP contribution in [-0.4, -0.2) is 30.3 Å². The van der Waals surface area contributed by atoms with Gasteiger partial charge < -0.3 is 15.7 Å². The molecule has 0 rings (SSSR count). The summed E-state index contributed by atoms with van der Waals surface area (Å²) in [6.07, 6.45) is 2.52. The maximum absolute atomic E-state index is 11.6. The third kappa shape index (κ3) is 8.34. The predicted octanol–water partition coefficient (Wildman–Crippen LogP) is 2.52. The Balaban J connectivity index is 3.89. The molecule has 0 saturated heterocycles. The number of carbonyl (C=O) groups excluding carboxylic acids is 1. The van der Waals surface area contributed by atoms with Crippen LogP contribution >= 0.6 is 0 Å². The van der Waals surface area contributed by atoms with Crippen LogP contribution in [0.3, 0.4) is 0 Å². The Bertz CT molecular complexity index is 236. The molecule has 0 aromatic rings. The number of amides is 2. The Labute approximate surface area is 112 Å². The standard InChI is InChI=1S/C14H30N2O2/c1-6-12(7-2)9-15-13(18)16-10-14(4,5)8-11(3)17/h11-12,17H,6-10H2,1-5H3,(H2,15,16,18). The molecule has 108 valence electrons. The number of aliphatic hydroxyl groups is 1. The number of carbonyl (C=O) groups is 1. The van der Waals surface area contributed by atoms with E-state index in [-0.39, 0.29) is 17.6 Å². The van der Waals surface area contributed by atoms with Crippen molar-refractivity contribution in [2.75, 3.05) is 13.1 Å². The van der Waals surface area contributed by atoms with Gasteiger partial charge in [0.25, 0.3) is 0 Å². The lowest BCUT2D eigenvalue weighted by atomic mass is 9.87. The van der Waals surface area contributed by atoms with Gasteiger partial charge in [-0.3, -0.25) is 0 Å². The molecule has 0 aliphatic heterocycles. The minimum atomic E-state index is -0.338. The zero-order valence-corrected chi connectivity index (χ0v) is 12.5. The van der Waals surface area contributed by atoms with Crippen LogP contribution in [0.25, 0.3) is 0 Å². The molecule has 1 unspecified atom stereocenters. The third-order valence-corrected chi connectivity index (χ3v) is 3.28. The van der Waals surface area contributed by atoms with E-state index >= 15 is 0 Å². The van der Waals surface area contributed by atoms with E-state index in [1.54, 1.807) is 6.92 Å². The molecule has 18 heavy (non-hydrogen) atoms. The fourth-order valence-corrected chi connectivity index (χ4v) is 2.07. The highest BCUT2D eigenvalue weighted by molar-refractivity contribution is 5.73. The lowest BCUT2D eigenvalue weighted by Crippen LogP contribution is -2.42. The smallest absolute Gasteiger partial charge is 0.314 e. The van der Waals surface area contributed by atoms with Gasteiger partial charge in [0.05, 0.1) is 6.10 Å². The molecule has 3 N–H and O–H groups in total. The molecular weight excluding hydrogens is 228 g/mol. The highest BCUT2D eigenvalue weighted by atomic mass is 16.3. The summed E-state index contributed by atoms with van der Waals surface area (Å²) >= 11 is 0. The van der Waals surface area contributed by atoms with Gasteiger partial charge in [0.1, 0.15) is 0 Å². The van der Waals surface area contributed by atoms with E-state index in [0.717, 1.165) is 19.4 Å². The average Bonchev–Trinajstić information content (AvgIpc) is 2.26. The second-order valence-electron chi connectivity index (χ2n) is 5.96. The summed E-state index contributed by atoms with van der Waals surface area (Å²) in [5, 5.41) is 15.1. The number of rotatable bonds is 8. The Hall–Kier alpha value is -0.770. The Morgan fingerprint density at radius 1 is 1.22 bits per heavy atom. The van der Waals surface area contributed by atoms with Crippen LogP contribution in [0.1, 0.15) is 53.9 Å². The van der Waals surface area contributed by atoms with Gasteiger partial charge in [0, 0.05) is 13.1 Å². The normalized spacial score (nSPS) is 13.5. The molecular formula is C14H30N2O2. The Morgan fingerprint density at radius 2 is 1.78 bits per heavy atom. The molecule has 0 spiro atoms. The van der Waals surface area contributed by atoms with Gasteiger partial charge in [-0.2, -0.15) is 0 Å². The fraction of sp³-hybridized carbons (Fsp3) is 0.929. The molecule has 0 aliphatic carbocycles. The second-order valence-corrected chi connectivity index (χ2v) is 5.96. The molecule has 0 aliphatic rings. The van der Waals surface area contributed by atoms with Crippen molar-refractivity contribution in [3.63, 3.8) is 0 Å². The summed E-state index contributed by atoms with van der Waals surface area (Å²) in [5.41, 5.74) is -0.0829. The molecule has 0 fully saturated rings. The molecule has 4 nitrogen and oxygen atoms in total. The summed E-state index contributed by atoms with van der Waals surface area (Å²) in [7, 11) is 0. The lowest BCUT2D eigenvalue weighted by Gasteiger charge is -2.26. The van der Waals surface area contributed by atoms with Gasteiger partial charge in [-0.1, -0.05) is 40.5 Å². The molecule has 0 aromatic heterocycles. The summed E-state index contributed by atoms with van der Waals surface area (Å²) < 4.78 is 0. The molecule has 0 saturated carbocycles. The molecule has 0 radical (unpaired) electrons. The van der Waals surface area contributed by atoms with E-state index in [4.69, 9.17) is 0 Å². The number of nitrogens with one attached hydrogen (secondary N) is 2. The first-order valence-corrected chi connectivity index (χ1v) is 7.00. The third-order valence-electron chi connectivity index (χ3n) is 3.28. The second kappa shape index (κ2) is 8.35. The van der Waals surface area contributed by atoms with E-state index < -0.39 is 0 Å². The fourth-order valence-electron chi connectivity index (χ4n) is 2.07. The van der Waals surface area contributed by atoms with E-state index in [9.17, 15) is 9.90 Å². The topological polar surface area (TPSA) is 61.4 Å². The zero-order valence-electron chi connectivity index (χ0n) is 12.5. The SMILES string of the molecule is CCC(CC)CNC(=O)NCC(C)(C)CC(C)O. The van der Waals surface area contributed by atoms with Gasteiger partial charge in [-0.25, -0.2) is 4.79 Å². The summed E-state index contributed by atoms with van der Waals surface area (Å²) in [6, 6.07) is -0.111. The van der Waals surface area contributed by atoms with Crippen LogP contribution in [-0.2, 0) is 0 Å². The summed E-state index contributed by atoms with van der Waals surface area (Å²) in [4.78, 5) is 11.6. The largest absolute Gasteiger partial charge is 0.393 e. The monoisotopic (exact) mass is 258 g/mol. The Morgan fingerprint density at radius 3 is 2.22 bits per heavy atom. The number of aliphatic hydroxyl groups excluding tert-OH is 1. The minimum Gasteiger partial charge on any atom is -0.393 e. The molecule has 4 heteroatoms. The lowest BCUT2D eigenvalue weighted by molar-refractivity contribution is 0.128. The maximum atomic E-state index is 11.6. The van der Waals surface area contributed by atoms with Crippen LogP contribution in [0.2, 0.25) is 0 Å². The van der Waals surface area contributed by atoms with Crippen molar-refractivity contribution in [2.24, 2.45) is 11.3 Å². The quantitative estimate of drug-likeness (QED) is 0.626. The van der Waals surface area contributed by atoms with Crippen molar-refractivity contribution in [1.29, 1.82) is 0 Å². The number of hydrogen-bond donors (Lipinski definition) is 3. The van der Waals surface area contributed by atoms with Crippen LogP contribution in [0.4, 0.5) is 4.79 Å². The van der Waals surface area contributed by atoms with Crippen molar-refractivity contribution in [2.45, 2.75) is 60.0 Å². The predicted molar refractivity (Wildman–Crippen MR) is 75.6 cm³/mol. The van der Waals surface area contributed by atoms with Crippen molar-refractivity contribution in [3.05, 3.63) is 0 Å². The van der Waals surface area contributed by atoms with Gasteiger partial charge in [0.15, 0.2) is 0 Å². The van der Waals surface area contributed by atoms with Crippen molar-refractivity contribution in [3.8, 4) is 0 Å². The highest BCUT2D eigenvalue weighted by Crippen LogP contribution is 2.20. The van der Waals surface area contributed by atoms with Crippen LogP contribution < -0.4 is 10.6 Å². The van der Waals surface area contributed by atoms with E-state index in [1.165, 1.54) is 0 Å². The maximum Gasteiger partial charge on any atom is 0.314 e. The van der Waals surface area contributed by atoms with Gasteiger partial charge in [-0.15, -0.1) is 0 Å². The summed E-state index contributed by atoms with van der Waals surface area (Å²) in [5.74, 6) is 0.557. The summed E-state index contributed by atoms with van der Waals surface area (Å²) in [6.45, 7) is 11.4. The molecule has 1 atom stereocenters. The van der Waals surface area contributed by atoms with Crippen molar-refractivity contribution >= 4 is 6.03 Å². The molecule has 0 heterocycles. The number of hydrogen-bond acceptors (Lipinski definition) is 2. The molecule has 0 aromatic carbocycles. The van der Waals surface area contributed by atoms with Crippen molar-refractivity contribution < 1.29 is 9.90 Å². The first-order valence-electron chi connectivity index (χ1n) is 7.00.